The van der Waals surface area contributed by atoms with E-state index < -0.39 is 0 Å². The van der Waals surface area contributed by atoms with Crippen LogP contribution in [0.3, 0.4) is 0 Å². The zero-order chi connectivity index (χ0) is 13.5. The van der Waals surface area contributed by atoms with Gasteiger partial charge in [0.15, 0.2) is 6.23 Å². The van der Waals surface area contributed by atoms with Crippen molar-refractivity contribution >= 4 is 11.7 Å². The molecule has 1 aromatic rings. The zero-order valence-corrected chi connectivity index (χ0v) is 11.8. The minimum absolute atomic E-state index is 0.226. The summed E-state index contributed by atoms with van der Waals surface area (Å²) in [6, 6.07) is 8.28. The quantitative estimate of drug-likeness (QED) is 0.571. The van der Waals surface area contributed by atoms with Gasteiger partial charge in [0.25, 0.3) is 0 Å². The van der Waals surface area contributed by atoms with Crippen LogP contribution in [-0.4, -0.2) is 18.7 Å². The monoisotopic (exact) mass is 249 g/mol. The van der Waals surface area contributed by atoms with Crippen LogP contribution in [0.15, 0.2) is 24.3 Å². The number of unbranched alkanes of at least 4 members (excludes halogenated alkanes) is 1. The molecule has 1 aromatic carbocycles. The Morgan fingerprint density at radius 3 is 2.72 bits per heavy atom. The van der Waals surface area contributed by atoms with E-state index in [0.717, 1.165) is 25.1 Å². The van der Waals surface area contributed by atoms with Crippen molar-refractivity contribution in [2.75, 3.05) is 11.4 Å². The third kappa shape index (κ3) is 4.40. The van der Waals surface area contributed by atoms with E-state index in [1.807, 2.05) is 13.0 Å². The molecule has 0 amide bonds. The normalized spacial score (nSPS) is 12.0. The number of rotatable bonds is 6. The number of nitrogens with zero attached hydrogens (tertiary/aromatic N) is 1. The molecule has 100 valence electrons. The Bertz CT molecular complexity index is 390. The molecular weight excluding hydrogens is 226 g/mol. The average molecular weight is 249 g/mol. The van der Waals surface area contributed by atoms with Crippen molar-refractivity contribution in [2.24, 2.45) is 0 Å². The van der Waals surface area contributed by atoms with Gasteiger partial charge < -0.3 is 9.64 Å². The molecule has 0 saturated heterocycles. The van der Waals surface area contributed by atoms with Gasteiger partial charge in [-0.2, -0.15) is 0 Å². The van der Waals surface area contributed by atoms with Gasteiger partial charge in [-0.25, -0.2) is 0 Å². The predicted octanol–water partition coefficient (Wildman–Crippen LogP) is 3.51. The van der Waals surface area contributed by atoms with Gasteiger partial charge in [0, 0.05) is 19.2 Å². The molecule has 0 N–H and O–H groups in total. The highest BCUT2D eigenvalue weighted by Gasteiger charge is 2.16. The van der Waals surface area contributed by atoms with E-state index in [1.54, 1.807) is 0 Å². The van der Waals surface area contributed by atoms with Crippen LogP contribution >= 0.6 is 0 Å². The zero-order valence-electron chi connectivity index (χ0n) is 11.8. The number of anilines is 1. The van der Waals surface area contributed by atoms with Gasteiger partial charge in [-0.05, 0) is 38.0 Å². The van der Waals surface area contributed by atoms with Crippen LogP contribution in [0.5, 0.6) is 0 Å². The standard InChI is InChI=1S/C15H23NO2/c1-5-6-10-16(13(3)18-14(4)17)15-9-7-8-12(2)11-15/h7-9,11,13H,5-6,10H2,1-4H3. The summed E-state index contributed by atoms with van der Waals surface area (Å²) in [5, 5.41) is 0. The molecule has 3 nitrogen and oxygen atoms in total. The maximum atomic E-state index is 11.1. The minimum Gasteiger partial charge on any atom is -0.442 e. The summed E-state index contributed by atoms with van der Waals surface area (Å²) < 4.78 is 5.29. The first kappa shape index (κ1) is 14.6. The lowest BCUT2D eigenvalue weighted by Crippen LogP contribution is -2.37. The Balaban J connectivity index is 2.86. The molecule has 0 aliphatic rings. The molecule has 0 fully saturated rings. The second kappa shape index (κ2) is 7.04. The van der Waals surface area contributed by atoms with Gasteiger partial charge in [-0.1, -0.05) is 25.5 Å². The molecule has 1 unspecified atom stereocenters. The van der Waals surface area contributed by atoms with Crippen LogP contribution in [0.4, 0.5) is 5.69 Å². The Morgan fingerprint density at radius 1 is 1.44 bits per heavy atom. The Hall–Kier alpha value is -1.51. The Kier molecular flexibility index (Phi) is 5.69. The van der Waals surface area contributed by atoms with Crippen molar-refractivity contribution in [2.45, 2.75) is 46.8 Å². The number of aryl methyl sites for hydroxylation is 1. The SMILES string of the molecule is CCCCN(c1cccc(C)c1)C(C)OC(C)=O. The summed E-state index contributed by atoms with van der Waals surface area (Å²) >= 11 is 0. The summed E-state index contributed by atoms with van der Waals surface area (Å²) in [5.74, 6) is -0.239. The van der Waals surface area contributed by atoms with Crippen molar-refractivity contribution in [3.8, 4) is 0 Å². The number of carbonyl (C=O) groups is 1. The highest BCUT2D eigenvalue weighted by atomic mass is 16.6. The Morgan fingerprint density at radius 2 is 2.17 bits per heavy atom. The molecule has 0 spiro atoms. The number of ether oxygens (including phenoxy) is 1. The van der Waals surface area contributed by atoms with Gasteiger partial charge in [-0.3, -0.25) is 4.79 Å². The fourth-order valence-corrected chi connectivity index (χ4v) is 1.96. The van der Waals surface area contributed by atoms with Crippen LogP contribution < -0.4 is 4.90 Å². The second-order valence-corrected chi connectivity index (χ2v) is 4.59. The summed E-state index contributed by atoms with van der Waals surface area (Å²) in [7, 11) is 0. The lowest BCUT2D eigenvalue weighted by molar-refractivity contribution is -0.145. The molecule has 1 atom stereocenters. The van der Waals surface area contributed by atoms with Crippen molar-refractivity contribution in [3.63, 3.8) is 0 Å². The topological polar surface area (TPSA) is 29.5 Å². The largest absolute Gasteiger partial charge is 0.442 e. The summed E-state index contributed by atoms with van der Waals surface area (Å²) in [5.41, 5.74) is 2.32. The van der Waals surface area contributed by atoms with E-state index in [4.69, 9.17) is 4.74 Å². The van der Waals surface area contributed by atoms with Crippen LogP contribution in [0, 0.1) is 6.92 Å². The molecule has 0 aromatic heterocycles. The maximum Gasteiger partial charge on any atom is 0.304 e. The maximum absolute atomic E-state index is 11.1. The van der Waals surface area contributed by atoms with E-state index in [1.165, 1.54) is 12.5 Å². The molecule has 0 aliphatic heterocycles. The first-order chi connectivity index (χ1) is 8.54. The molecule has 0 aliphatic carbocycles. The molecule has 0 radical (unpaired) electrons. The molecule has 18 heavy (non-hydrogen) atoms. The van der Waals surface area contributed by atoms with Crippen molar-refractivity contribution in [1.82, 2.24) is 0 Å². The highest BCUT2D eigenvalue weighted by Crippen LogP contribution is 2.20. The third-order valence-electron chi connectivity index (χ3n) is 2.86. The van der Waals surface area contributed by atoms with Gasteiger partial charge in [-0.15, -0.1) is 0 Å². The van der Waals surface area contributed by atoms with E-state index in [2.05, 4.69) is 36.9 Å². The summed E-state index contributed by atoms with van der Waals surface area (Å²) in [6.45, 7) is 8.49. The predicted molar refractivity (Wildman–Crippen MR) is 74.7 cm³/mol. The molecule has 0 saturated carbocycles. The first-order valence-corrected chi connectivity index (χ1v) is 6.55. The average Bonchev–Trinajstić information content (AvgIpc) is 2.28. The van der Waals surface area contributed by atoms with Crippen molar-refractivity contribution in [3.05, 3.63) is 29.8 Å². The van der Waals surface area contributed by atoms with E-state index in [-0.39, 0.29) is 12.2 Å². The van der Waals surface area contributed by atoms with E-state index >= 15 is 0 Å². The number of benzene rings is 1. The second-order valence-electron chi connectivity index (χ2n) is 4.59. The molecule has 1 rings (SSSR count). The molecule has 0 bridgehead atoms. The number of esters is 1. The third-order valence-corrected chi connectivity index (χ3v) is 2.86. The van der Waals surface area contributed by atoms with Crippen LogP contribution in [-0.2, 0) is 9.53 Å². The number of hydrogen-bond donors (Lipinski definition) is 0. The Labute approximate surface area is 110 Å². The lowest BCUT2D eigenvalue weighted by atomic mass is 10.2. The van der Waals surface area contributed by atoms with Crippen LogP contribution in [0.1, 0.15) is 39.2 Å². The molecular formula is C15H23NO2. The van der Waals surface area contributed by atoms with Gasteiger partial charge in [0.1, 0.15) is 0 Å². The highest BCUT2D eigenvalue weighted by molar-refractivity contribution is 5.66. The van der Waals surface area contributed by atoms with Crippen LogP contribution in [0.25, 0.3) is 0 Å². The number of hydrogen-bond acceptors (Lipinski definition) is 3. The van der Waals surface area contributed by atoms with Crippen LogP contribution in [0.2, 0.25) is 0 Å². The lowest BCUT2D eigenvalue weighted by Gasteiger charge is -2.30. The molecule has 0 heterocycles. The fraction of sp³-hybridized carbons (Fsp3) is 0.533. The first-order valence-electron chi connectivity index (χ1n) is 6.55. The summed E-state index contributed by atoms with van der Waals surface area (Å²) in [4.78, 5) is 13.2. The number of carbonyl (C=O) groups excluding carboxylic acids is 1. The van der Waals surface area contributed by atoms with Gasteiger partial charge >= 0.3 is 5.97 Å². The fourth-order valence-electron chi connectivity index (χ4n) is 1.96. The summed E-state index contributed by atoms with van der Waals surface area (Å²) in [6.07, 6.45) is 1.98. The van der Waals surface area contributed by atoms with Crippen molar-refractivity contribution in [1.29, 1.82) is 0 Å². The van der Waals surface area contributed by atoms with E-state index in [0.29, 0.717) is 0 Å². The van der Waals surface area contributed by atoms with Crippen molar-refractivity contribution < 1.29 is 9.53 Å². The van der Waals surface area contributed by atoms with Gasteiger partial charge in [0.05, 0.1) is 0 Å². The van der Waals surface area contributed by atoms with Gasteiger partial charge in [0.2, 0.25) is 0 Å². The molecule has 3 heteroatoms. The minimum atomic E-state index is -0.239. The smallest absolute Gasteiger partial charge is 0.304 e. The van der Waals surface area contributed by atoms with E-state index in [9.17, 15) is 4.79 Å².